The SMILES string of the molecule is CC=CCCC(F)(F)C(F)(F)C(F)(F)C(F)(F)C(F)(F)C(F)(F)C(F)(F)C(F)(F)CCCCC. The molecule has 0 aromatic heterocycles. The van der Waals surface area contributed by atoms with E-state index in [0.29, 0.717) is 6.08 Å². The van der Waals surface area contributed by atoms with Crippen molar-refractivity contribution in [3.8, 4) is 0 Å². The fraction of sp³-hybridized carbons (Fsp3) is 0.889. The van der Waals surface area contributed by atoms with Crippen molar-refractivity contribution in [1.82, 2.24) is 0 Å². The molecule has 0 saturated heterocycles. The molecule has 0 aliphatic rings. The van der Waals surface area contributed by atoms with Crippen LogP contribution < -0.4 is 0 Å². The predicted molar refractivity (Wildman–Crippen MR) is 87.8 cm³/mol. The molecular formula is C18H20F16. The van der Waals surface area contributed by atoms with E-state index in [9.17, 15) is 70.2 Å². The first-order valence-corrected chi connectivity index (χ1v) is 9.51. The summed E-state index contributed by atoms with van der Waals surface area (Å²) in [5.41, 5.74) is 0. The maximum absolute atomic E-state index is 13.7. The van der Waals surface area contributed by atoms with E-state index < -0.39 is 73.1 Å². The molecule has 0 atom stereocenters. The lowest BCUT2D eigenvalue weighted by Crippen LogP contribution is -2.74. The van der Waals surface area contributed by atoms with Crippen molar-refractivity contribution in [2.75, 3.05) is 0 Å². The molecule has 0 aromatic carbocycles. The monoisotopic (exact) mass is 540 g/mol. The van der Waals surface area contributed by atoms with Crippen molar-refractivity contribution < 1.29 is 70.2 Å². The summed E-state index contributed by atoms with van der Waals surface area (Å²) >= 11 is 0. The number of unbranched alkanes of at least 4 members (excludes halogenated alkanes) is 2. The quantitative estimate of drug-likeness (QED) is 0.117. The minimum atomic E-state index is -8.35. The zero-order valence-corrected chi connectivity index (χ0v) is 17.4. The van der Waals surface area contributed by atoms with Gasteiger partial charge in [0.05, 0.1) is 0 Å². The molecule has 0 saturated carbocycles. The van der Waals surface area contributed by atoms with Gasteiger partial charge < -0.3 is 0 Å². The van der Waals surface area contributed by atoms with Crippen molar-refractivity contribution in [1.29, 1.82) is 0 Å². The molecule has 0 aliphatic carbocycles. The van der Waals surface area contributed by atoms with Crippen LogP contribution in [0.2, 0.25) is 0 Å². The van der Waals surface area contributed by atoms with Crippen LogP contribution >= 0.6 is 0 Å². The average molecular weight is 540 g/mol. The molecule has 0 heterocycles. The van der Waals surface area contributed by atoms with E-state index in [1.807, 2.05) is 0 Å². The van der Waals surface area contributed by atoms with Crippen LogP contribution in [0.4, 0.5) is 70.2 Å². The van der Waals surface area contributed by atoms with Crippen LogP contribution in [0.3, 0.4) is 0 Å². The molecule has 0 aromatic rings. The van der Waals surface area contributed by atoms with Crippen molar-refractivity contribution in [2.24, 2.45) is 0 Å². The fourth-order valence-electron chi connectivity index (χ4n) is 2.59. The molecule has 0 fully saturated rings. The molecule has 34 heavy (non-hydrogen) atoms. The molecule has 0 unspecified atom stereocenters. The van der Waals surface area contributed by atoms with E-state index in [1.54, 1.807) is 0 Å². The summed E-state index contributed by atoms with van der Waals surface area (Å²) in [5.74, 6) is -60.3. The third kappa shape index (κ3) is 4.96. The number of hydrogen-bond acceptors (Lipinski definition) is 0. The van der Waals surface area contributed by atoms with Gasteiger partial charge in [-0.05, 0) is 19.8 Å². The third-order valence-electron chi connectivity index (χ3n) is 4.85. The highest BCUT2D eigenvalue weighted by Gasteiger charge is 2.94. The Morgan fingerprint density at radius 1 is 0.471 bits per heavy atom. The summed E-state index contributed by atoms with van der Waals surface area (Å²) in [6, 6.07) is 0. The largest absolute Gasteiger partial charge is 0.384 e. The highest BCUT2D eigenvalue weighted by molar-refractivity contribution is 5.16. The van der Waals surface area contributed by atoms with Crippen LogP contribution in [0, 0.1) is 0 Å². The predicted octanol–water partition coefficient (Wildman–Crippen LogP) is 9.01. The molecule has 0 amide bonds. The van der Waals surface area contributed by atoms with Gasteiger partial charge in [-0.2, -0.15) is 70.2 Å². The maximum Gasteiger partial charge on any atom is 0.384 e. The number of rotatable bonds is 14. The zero-order valence-electron chi connectivity index (χ0n) is 17.4. The van der Waals surface area contributed by atoms with E-state index in [1.165, 1.54) is 6.92 Å². The molecular weight excluding hydrogens is 520 g/mol. The lowest BCUT2D eigenvalue weighted by atomic mass is 9.86. The Kier molecular flexibility index (Phi) is 9.53. The zero-order chi connectivity index (χ0) is 27.7. The van der Waals surface area contributed by atoms with Crippen molar-refractivity contribution in [3.05, 3.63) is 12.2 Å². The van der Waals surface area contributed by atoms with E-state index in [-0.39, 0.29) is 12.8 Å². The second-order valence-electron chi connectivity index (χ2n) is 7.42. The van der Waals surface area contributed by atoms with Gasteiger partial charge in [0.1, 0.15) is 0 Å². The molecule has 0 bridgehead atoms. The lowest BCUT2D eigenvalue weighted by molar-refractivity contribution is -0.453. The summed E-state index contributed by atoms with van der Waals surface area (Å²) in [6.45, 7) is 2.43. The minimum absolute atomic E-state index is 0.00976. The summed E-state index contributed by atoms with van der Waals surface area (Å²) in [4.78, 5) is 0. The van der Waals surface area contributed by atoms with Gasteiger partial charge >= 0.3 is 47.4 Å². The van der Waals surface area contributed by atoms with Crippen molar-refractivity contribution >= 4 is 0 Å². The standard InChI is InChI=1S/C18H20F16/c1-3-5-7-9-11(19,20)13(23,24)15(27,28)17(31,32)18(33,34)16(29,30)14(25,26)12(21,22)10-8-6-4-2/h3,5H,4,6-10H2,1-2H3. The summed E-state index contributed by atoms with van der Waals surface area (Å²) in [6.07, 6.45) is -5.67. The number of halogens is 16. The normalized spacial score (nSPS) is 15.9. The molecule has 0 radical (unpaired) electrons. The van der Waals surface area contributed by atoms with E-state index in [0.717, 1.165) is 13.0 Å². The van der Waals surface area contributed by atoms with Crippen molar-refractivity contribution in [2.45, 2.75) is 99.8 Å². The topological polar surface area (TPSA) is 0 Å². The second kappa shape index (κ2) is 9.94. The van der Waals surface area contributed by atoms with Crippen LogP contribution in [0.25, 0.3) is 0 Å². The Bertz CT molecular complexity index is 692. The Morgan fingerprint density at radius 3 is 1.12 bits per heavy atom. The van der Waals surface area contributed by atoms with Crippen LogP contribution in [-0.4, -0.2) is 47.4 Å². The minimum Gasteiger partial charge on any atom is -0.200 e. The van der Waals surface area contributed by atoms with Gasteiger partial charge in [-0.15, -0.1) is 0 Å². The first kappa shape index (κ1) is 32.6. The molecule has 204 valence electrons. The van der Waals surface area contributed by atoms with Gasteiger partial charge in [0.25, 0.3) is 0 Å². The van der Waals surface area contributed by atoms with E-state index in [4.69, 9.17) is 0 Å². The van der Waals surface area contributed by atoms with Crippen LogP contribution in [0.15, 0.2) is 12.2 Å². The van der Waals surface area contributed by atoms with Gasteiger partial charge in [0.15, 0.2) is 0 Å². The summed E-state index contributed by atoms with van der Waals surface area (Å²) in [5, 5.41) is 0. The van der Waals surface area contributed by atoms with Gasteiger partial charge in [-0.1, -0.05) is 31.9 Å². The van der Waals surface area contributed by atoms with Crippen LogP contribution in [0.1, 0.15) is 52.4 Å². The average Bonchev–Trinajstić information content (AvgIpc) is 2.67. The number of allylic oxidation sites excluding steroid dienone is 2. The highest BCUT2D eigenvalue weighted by Crippen LogP contribution is 2.64. The van der Waals surface area contributed by atoms with Gasteiger partial charge in [0, 0.05) is 12.8 Å². The molecule has 0 rings (SSSR count). The first-order chi connectivity index (χ1) is 14.9. The Morgan fingerprint density at radius 2 is 0.794 bits per heavy atom. The Labute approximate surface area is 183 Å². The fourth-order valence-corrected chi connectivity index (χ4v) is 2.59. The molecule has 0 nitrogen and oxygen atoms in total. The lowest BCUT2D eigenvalue weighted by Gasteiger charge is -2.43. The molecule has 16 heteroatoms. The number of alkyl halides is 16. The molecule has 0 spiro atoms. The Hall–Kier alpha value is -1.38. The molecule has 0 aliphatic heterocycles. The Balaban J connectivity index is 6.51. The van der Waals surface area contributed by atoms with E-state index in [2.05, 4.69) is 0 Å². The third-order valence-corrected chi connectivity index (χ3v) is 4.85. The highest BCUT2D eigenvalue weighted by atomic mass is 19.4. The van der Waals surface area contributed by atoms with Crippen LogP contribution in [-0.2, 0) is 0 Å². The maximum atomic E-state index is 13.7. The number of hydrogen-bond donors (Lipinski definition) is 0. The molecule has 0 N–H and O–H groups in total. The van der Waals surface area contributed by atoms with Gasteiger partial charge in [-0.25, -0.2) is 0 Å². The summed E-state index contributed by atoms with van der Waals surface area (Å²) in [7, 11) is 0. The van der Waals surface area contributed by atoms with E-state index >= 15 is 0 Å². The summed E-state index contributed by atoms with van der Waals surface area (Å²) < 4.78 is 219. The first-order valence-electron chi connectivity index (χ1n) is 9.51. The van der Waals surface area contributed by atoms with Gasteiger partial charge in [0.2, 0.25) is 0 Å². The van der Waals surface area contributed by atoms with Crippen molar-refractivity contribution in [3.63, 3.8) is 0 Å². The van der Waals surface area contributed by atoms with Gasteiger partial charge in [-0.3, -0.25) is 0 Å². The van der Waals surface area contributed by atoms with Crippen LogP contribution in [0.5, 0.6) is 0 Å². The smallest absolute Gasteiger partial charge is 0.200 e. The second-order valence-corrected chi connectivity index (χ2v) is 7.42.